The molecule has 2 fully saturated rings. The van der Waals surface area contributed by atoms with E-state index in [-0.39, 0.29) is 11.3 Å². The molecule has 1 saturated heterocycles. The lowest BCUT2D eigenvalue weighted by Gasteiger charge is -2.23. The molecule has 1 saturated carbocycles. The van der Waals surface area contributed by atoms with Crippen LogP contribution in [0.3, 0.4) is 0 Å². The van der Waals surface area contributed by atoms with Crippen LogP contribution in [0.25, 0.3) is 0 Å². The number of carbonyl (C=O) groups excluding carboxylic acids is 1. The Morgan fingerprint density at radius 2 is 2.23 bits per heavy atom. The van der Waals surface area contributed by atoms with Crippen LogP contribution in [-0.2, 0) is 10.2 Å². The second kappa shape index (κ2) is 4.93. The summed E-state index contributed by atoms with van der Waals surface area (Å²) < 4.78 is 2.01. The maximum Gasteiger partial charge on any atom is 0.233 e. The molecule has 0 radical (unpaired) electrons. The summed E-state index contributed by atoms with van der Waals surface area (Å²) in [7, 11) is 0. The largest absolute Gasteiger partial charge is 0.340 e. The summed E-state index contributed by atoms with van der Waals surface area (Å²) in [6, 6.07) is 4.26. The van der Waals surface area contributed by atoms with Crippen molar-refractivity contribution in [1.29, 1.82) is 0 Å². The minimum absolute atomic E-state index is 0.270. The summed E-state index contributed by atoms with van der Waals surface area (Å²) in [5.74, 6) is 0.270. The van der Waals surface area contributed by atoms with Gasteiger partial charge in [0, 0.05) is 31.7 Å². The number of likely N-dealkylation sites (tertiary alicyclic amines) is 1. The lowest BCUT2D eigenvalue weighted by molar-refractivity contribution is -0.133. The van der Waals surface area contributed by atoms with E-state index in [0.717, 1.165) is 37.9 Å². The van der Waals surface area contributed by atoms with Crippen LogP contribution in [0, 0.1) is 6.92 Å². The van der Waals surface area contributed by atoms with Crippen LogP contribution in [0.4, 0.5) is 0 Å². The first-order valence-corrected chi connectivity index (χ1v) is 7.90. The Morgan fingerprint density at radius 3 is 2.86 bits per heavy atom. The first-order valence-electron chi connectivity index (χ1n) is 7.90. The van der Waals surface area contributed by atoms with Gasteiger partial charge >= 0.3 is 0 Å². The molecule has 0 bridgehead atoms. The Morgan fingerprint density at radius 1 is 1.36 bits per heavy atom. The van der Waals surface area contributed by atoms with E-state index < -0.39 is 0 Å². The predicted octanol–water partition coefficient (Wildman–Crippen LogP) is 2.09. The fourth-order valence-corrected chi connectivity index (χ4v) is 3.47. The molecule has 2 aromatic rings. The van der Waals surface area contributed by atoms with Gasteiger partial charge in [0.15, 0.2) is 0 Å². The summed E-state index contributed by atoms with van der Waals surface area (Å²) in [6.45, 7) is 3.63. The maximum atomic E-state index is 13.0. The van der Waals surface area contributed by atoms with Gasteiger partial charge in [-0.2, -0.15) is 5.10 Å². The third-order valence-corrected chi connectivity index (χ3v) is 4.93. The highest BCUT2D eigenvalue weighted by molar-refractivity contribution is 5.91. The average molecular weight is 296 g/mol. The Hall–Kier alpha value is -2.17. The number of rotatable bonds is 3. The molecular weight excluding hydrogens is 276 g/mol. The molecule has 0 aromatic carbocycles. The van der Waals surface area contributed by atoms with Crippen molar-refractivity contribution in [3.8, 4) is 0 Å². The van der Waals surface area contributed by atoms with Gasteiger partial charge in [-0.1, -0.05) is 6.07 Å². The van der Waals surface area contributed by atoms with E-state index in [1.54, 1.807) is 6.20 Å². The van der Waals surface area contributed by atoms with Gasteiger partial charge in [-0.15, -0.1) is 0 Å². The fourth-order valence-electron chi connectivity index (χ4n) is 3.47. The van der Waals surface area contributed by atoms with E-state index >= 15 is 0 Å². The molecule has 2 aliphatic rings. The van der Waals surface area contributed by atoms with Crippen molar-refractivity contribution in [1.82, 2.24) is 19.7 Å². The second-order valence-electron chi connectivity index (χ2n) is 6.52. The number of amides is 1. The molecule has 5 nitrogen and oxygen atoms in total. The summed E-state index contributed by atoms with van der Waals surface area (Å²) in [6.07, 6.45) is 10.4. The van der Waals surface area contributed by atoms with Gasteiger partial charge in [-0.3, -0.25) is 14.5 Å². The number of nitrogens with zero attached hydrogens (tertiary/aromatic N) is 4. The number of hydrogen-bond acceptors (Lipinski definition) is 3. The Labute approximate surface area is 130 Å². The van der Waals surface area contributed by atoms with Crippen molar-refractivity contribution in [2.75, 3.05) is 13.1 Å². The summed E-state index contributed by atoms with van der Waals surface area (Å²) in [5, 5.41) is 4.40. The topological polar surface area (TPSA) is 51.0 Å². The highest BCUT2D eigenvalue weighted by Gasteiger charge is 2.54. The number of aromatic nitrogens is 3. The zero-order valence-corrected chi connectivity index (χ0v) is 12.8. The number of aryl methyl sites for hydroxylation is 1. The highest BCUT2D eigenvalue weighted by Crippen LogP contribution is 2.50. The van der Waals surface area contributed by atoms with Gasteiger partial charge in [0.2, 0.25) is 5.91 Å². The zero-order chi connectivity index (χ0) is 15.2. The monoisotopic (exact) mass is 296 g/mol. The standard InChI is InChI=1S/C17H20N4O/c1-13-9-19-21(11-13)15-4-8-20(12-15)16(22)17(5-6-17)14-3-2-7-18-10-14/h2-3,7,9-11,15H,4-6,8,12H2,1H3. The van der Waals surface area contributed by atoms with Crippen LogP contribution < -0.4 is 0 Å². The SMILES string of the molecule is Cc1cnn(C2CCN(C(=O)C3(c4cccnc4)CC3)C2)c1. The van der Waals surface area contributed by atoms with Gasteiger partial charge in [-0.25, -0.2) is 0 Å². The van der Waals surface area contributed by atoms with Gasteiger partial charge in [0.05, 0.1) is 17.7 Å². The first-order chi connectivity index (χ1) is 10.7. The van der Waals surface area contributed by atoms with Crippen LogP contribution in [0.15, 0.2) is 36.9 Å². The van der Waals surface area contributed by atoms with Crippen LogP contribution in [0.5, 0.6) is 0 Å². The molecule has 1 atom stereocenters. The Balaban J connectivity index is 1.50. The number of hydrogen-bond donors (Lipinski definition) is 0. The highest BCUT2D eigenvalue weighted by atomic mass is 16.2. The maximum absolute atomic E-state index is 13.0. The van der Waals surface area contributed by atoms with Crippen LogP contribution in [-0.4, -0.2) is 38.7 Å². The summed E-state index contributed by atoms with van der Waals surface area (Å²) in [4.78, 5) is 19.2. The van der Waals surface area contributed by atoms with Crippen LogP contribution >= 0.6 is 0 Å². The zero-order valence-electron chi connectivity index (χ0n) is 12.8. The van der Waals surface area contributed by atoms with Crippen molar-refractivity contribution in [2.24, 2.45) is 0 Å². The lowest BCUT2D eigenvalue weighted by Crippen LogP contribution is -2.38. The van der Waals surface area contributed by atoms with Crippen molar-refractivity contribution >= 4 is 5.91 Å². The molecule has 1 unspecified atom stereocenters. The van der Waals surface area contributed by atoms with E-state index in [1.165, 1.54) is 5.56 Å². The summed E-state index contributed by atoms with van der Waals surface area (Å²) >= 11 is 0. The van der Waals surface area contributed by atoms with Crippen LogP contribution in [0.1, 0.15) is 36.4 Å². The van der Waals surface area contributed by atoms with Gasteiger partial charge in [0.25, 0.3) is 0 Å². The Bertz CT molecular complexity index is 690. The second-order valence-corrected chi connectivity index (χ2v) is 6.52. The van der Waals surface area contributed by atoms with Crippen LogP contribution in [0.2, 0.25) is 0 Å². The lowest BCUT2D eigenvalue weighted by atomic mass is 9.96. The van der Waals surface area contributed by atoms with E-state index in [4.69, 9.17) is 0 Å². The third kappa shape index (κ3) is 2.12. The molecule has 1 aliphatic carbocycles. The quantitative estimate of drug-likeness (QED) is 0.871. The number of carbonyl (C=O) groups is 1. The van der Waals surface area contributed by atoms with E-state index in [2.05, 4.69) is 16.3 Å². The van der Waals surface area contributed by atoms with E-state index in [0.29, 0.717) is 6.04 Å². The van der Waals surface area contributed by atoms with Crippen molar-refractivity contribution in [3.05, 3.63) is 48.0 Å². The number of pyridine rings is 1. The minimum Gasteiger partial charge on any atom is -0.340 e. The molecule has 1 aliphatic heterocycles. The normalized spacial score (nSPS) is 22.8. The van der Waals surface area contributed by atoms with Crippen molar-refractivity contribution in [2.45, 2.75) is 37.6 Å². The van der Waals surface area contributed by atoms with Gasteiger partial charge in [0.1, 0.15) is 0 Å². The molecule has 3 heterocycles. The molecule has 4 rings (SSSR count). The molecule has 0 spiro atoms. The van der Waals surface area contributed by atoms with Crippen molar-refractivity contribution in [3.63, 3.8) is 0 Å². The fraction of sp³-hybridized carbons (Fsp3) is 0.471. The Kier molecular flexibility index (Phi) is 3.03. The first kappa shape index (κ1) is 13.5. The molecule has 114 valence electrons. The minimum atomic E-state index is -0.302. The smallest absolute Gasteiger partial charge is 0.233 e. The molecule has 5 heteroatoms. The molecular formula is C17H20N4O. The molecule has 1 amide bonds. The predicted molar refractivity (Wildman–Crippen MR) is 82.3 cm³/mol. The summed E-state index contributed by atoms with van der Waals surface area (Å²) in [5.41, 5.74) is 1.93. The van der Waals surface area contributed by atoms with Gasteiger partial charge in [-0.05, 0) is 43.4 Å². The molecule has 22 heavy (non-hydrogen) atoms. The van der Waals surface area contributed by atoms with Crippen molar-refractivity contribution < 1.29 is 4.79 Å². The average Bonchev–Trinajstić information content (AvgIpc) is 3.00. The van der Waals surface area contributed by atoms with E-state index in [1.807, 2.05) is 41.0 Å². The molecule has 2 aromatic heterocycles. The van der Waals surface area contributed by atoms with E-state index in [9.17, 15) is 4.79 Å². The molecule has 0 N–H and O–H groups in total. The third-order valence-electron chi connectivity index (χ3n) is 4.93. The van der Waals surface area contributed by atoms with Gasteiger partial charge < -0.3 is 4.90 Å².